The van der Waals surface area contributed by atoms with Crippen LogP contribution < -0.4 is 5.73 Å². The third-order valence-corrected chi connectivity index (χ3v) is 4.27. The largest absolute Gasteiger partial charge is 0.458 e. The molecule has 0 saturated carbocycles. The van der Waals surface area contributed by atoms with Crippen LogP contribution in [0.15, 0.2) is 46.9 Å². The summed E-state index contributed by atoms with van der Waals surface area (Å²) in [6.45, 7) is 1.88. The number of benzene rings is 1. The van der Waals surface area contributed by atoms with Crippen molar-refractivity contribution in [1.29, 1.82) is 0 Å². The van der Waals surface area contributed by atoms with Crippen LogP contribution in [0.1, 0.15) is 5.76 Å². The van der Waals surface area contributed by atoms with Gasteiger partial charge < -0.3 is 10.2 Å². The summed E-state index contributed by atoms with van der Waals surface area (Å²) < 4.78 is 5.57. The van der Waals surface area contributed by atoms with Crippen LogP contribution in [-0.2, 0) is 0 Å². The smallest absolute Gasteiger partial charge is 0.199 e. The SMILES string of the molecule is Cc1ccc(-c2nc(N)c3nc(-c4ccccc4)sc3n2)o1. The second-order valence-corrected chi connectivity index (χ2v) is 5.86. The Bertz CT molecular complexity index is 959. The highest BCUT2D eigenvalue weighted by molar-refractivity contribution is 7.21. The molecule has 22 heavy (non-hydrogen) atoms. The molecule has 3 aromatic heterocycles. The Kier molecular flexibility index (Phi) is 2.90. The van der Waals surface area contributed by atoms with E-state index >= 15 is 0 Å². The lowest BCUT2D eigenvalue weighted by Crippen LogP contribution is -1.96. The van der Waals surface area contributed by atoms with Crippen molar-refractivity contribution in [3.05, 3.63) is 48.2 Å². The van der Waals surface area contributed by atoms with E-state index in [0.29, 0.717) is 22.9 Å². The normalized spacial score (nSPS) is 11.1. The van der Waals surface area contributed by atoms with Crippen LogP contribution in [-0.4, -0.2) is 15.0 Å². The average molecular weight is 308 g/mol. The number of hydrogen-bond donors (Lipinski definition) is 1. The minimum absolute atomic E-state index is 0.368. The van der Waals surface area contributed by atoms with E-state index in [2.05, 4.69) is 15.0 Å². The molecule has 0 aliphatic carbocycles. The Morgan fingerprint density at radius 3 is 2.55 bits per heavy atom. The van der Waals surface area contributed by atoms with Gasteiger partial charge in [-0.2, -0.15) is 0 Å². The van der Waals surface area contributed by atoms with Gasteiger partial charge in [-0.1, -0.05) is 41.7 Å². The molecule has 0 saturated heterocycles. The summed E-state index contributed by atoms with van der Waals surface area (Å²) in [7, 11) is 0. The molecule has 0 amide bonds. The van der Waals surface area contributed by atoms with Crippen molar-refractivity contribution in [1.82, 2.24) is 15.0 Å². The molecule has 2 N–H and O–H groups in total. The molecule has 6 heteroatoms. The number of nitrogens with two attached hydrogens (primary N) is 1. The van der Waals surface area contributed by atoms with E-state index < -0.39 is 0 Å². The van der Waals surface area contributed by atoms with Crippen molar-refractivity contribution >= 4 is 27.5 Å². The fourth-order valence-electron chi connectivity index (χ4n) is 2.21. The van der Waals surface area contributed by atoms with Crippen LogP contribution in [0.4, 0.5) is 5.82 Å². The number of aromatic nitrogens is 3. The number of furan rings is 1. The molecule has 4 aromatic rings. The van der Waals surface area contributed by atoms with Crippen molar-refractivity contribution in [2.45, 2.75) is 6.92 Å². The van der Waals surface area contributed by atoms with Crippen molar-refractivity contribution < 1.29 is 4.42 Å². The molecule has 1 aromatic carbocycles. The van der Waals surface area contributed by atoms with Crippen molar-refractivity contribution in [2.24, 2.45) is 0 Å². The summed E-state index contributed by atoms with van der Waals surface area (Å²) >= 11 is 1.50. The summed E-state index contributed by atoms with van der Waals surface area (Å²) in [6, 6.07) is 13.7. The second kappa shape index (κ2) is 4.92. The lowest BCUT2D eigenvalue weighted by molar-refractivity contribution is 0.544. The lowest BCUT2D eigenvalue weighted by atomic mass is 10.2. The maximum absolute atomic E-state index is 6.04. The molecule has 0 atom stereocenters. The molecule has 108 valence electrons. The summed E-state index contributed by atoms with van der Waals surface area (Å²) in [5, 5.41) is 0.879. The Balaban J connectivity index is 1.88. The molecule has 0 spiro atoms. The number of aryl methyl sites for hydroxylation is 1. The zero-order valence-electron chi connectivity index (χ0n) is 11.8. The average Bonchev–Trinajstić information content (AvgIpc) is 3.14. The number of nitrogens with zero attached hydrogens (tertiary/aromatic N) is 3. The topological polar surface area (TPSA) is 77.8 Å². The Morgan fingerprint density at radius 2 is 1.82 bits per heavy atom. The van der Waals surface area contributed by atoms with Gasteiger partial charge in [-0.3, -0.25) is 0 Å². The molecule has 4 rings (SSSR count). The van der Waals surface area contributed by atoms with Crippen molar-refractivity contribution in [2.75, 3.05) is 5.73 Å². The zero-order chi connectivity index (χ0) is 15.1. The Labute approximate surface area is 130 Å². The quantitative estimate of drug-likeness (QED) is 0.607. The molecule has 0 unspecified atom stereocenters. The third-order valence-electron chi connectivity index (χ3n) is 3.27. The maximum atomic E-state index is 6.04. The summed E-state index contributed by atoms with van der Waals surface area (Å²) in [4.78, 5) is 14.2. The van der Waals surface area contributed by atoms with E-state index in [4.69, 9.17) is 10.2 Å². The van der Waals surface area contributed by atoms with Crippen molar-refractivity contribution in [3.63, 3.8) is 0 Å². The minimum atomic E-state index is 0.368. The van der Waals surface area contributed by atoms with Gasteiger partial charge in [0.15, 0.2) is 17.4 Å². The van der Waals surface area contributed by atoms with Gasteiger partial charge in [0.05, 0.1) is 0 Å². The molecule has 0 aliphatic heterocycles. The second-order valence-electron chi connectivity index (χ2n) is 4.88. The van der Waals surface area contributed by atoms with Gasteiger partial charge in [0.1, 0.15) is 21.1 Å². The first kappa shape index (κ1) is 13.0. The molecule has 3 heterocycles. The van der Waals surface area contributed by atoms with E-state index in [1.807, 2.05) is 49.4 Å². The fraction of sp³-hybridized carbons (Fsp3) is 0.0625. The summed E-state index contributed by atoms with van der Waals surface area (Å²) in [5.74, 6) is 2.28. The van der Waals surface area contributed by atoms with Crippen molar-refractivity contribution in [3.8, 4) is 22.2 Å². The number of anilines is 1. The highest BCUT2D eigenvalue weighted by atomic mass is 32.1. The van der Waals surface area contributed by atoms with E-state index in [1.165, 1.54) is 11.3 Å². The van der Waals surface area contributed by atoms with Crippen LogP contribution in [0.25, 0.3) is 32.5 Å². The van der Waals surface area contributed by atoms with Gasteiger partial charge >= 0.3 is 0 Å². The van der Waals surface area contributed by atoms with E-state index in [9.17, 15) is 0 Å². The van der Waals surface area contributed by atoms with Gasteiger partial charge in [0.2, 0.25) is 0 Å². The molecule has 0 radical (unpaired) electrons. The molecule has 0 bridgehead atoms. The van der Waals surface area contributed by atoms with Crippen LogP contribution in [0.3, 0.4) is 0 Å². The number of thiazole rings is 1. The van der Waals surface area contributed by atoms with Gasteiger partial charge in [-0.05, 0) is 19.1 Å². The van der Waals surface area contributed by atoms with E-state index in [1.54, 1.807) is 0 Å². The first-order valence-electron chi connectivity index (χ1n) is 6.77. The van der Waals surface area contributed by atoms with Gasteiger partial charge in [-0.25, -0.2) is 15.0 Å². The molecule has 5 nitrogen and oxygen atoms in total. The summed E-state index contributed by atoms with van der Waals surface area (Å²) in [6.07, 6.45) is 0. The Hall–Kier alpha value is -2.73. The number of rotatable bonds is 2. The van der Waals surface area contributed by atoms with Gasteiger partial charge in [0.25, 0.3) is 0 Å². The van der Waals surface area contributed by atoms with Crippen LogP contribution >= 0.6 is 11.3 Å². The summed E-state index contributed by atoms with van der Waals surface area (Å²) in [5.41, 5.74) is 7.72. The van der Waals surface area contributed by atoms with Crippen LogP contribution in [0.2, 0.25) is 0 Å². The Morgan fingerprint density at radius 1 is 1.00 bits per heavy atom. The maximum Gasteiger partial charge on any atom is 0.199 e. The molecule has 0 aliphatic rings. The predicted octanol–water partition coefficient (Wildman–Crippen LogP) is 3.90. The zero-order valence-corrected chi connectivity index (χ0v) is 12.6. The fourth-order valence-corrected chi connectivity index (χ4v) is 3.17. The monoisotopic (exact) mass is 308 g/mol. The standard InChI is InChI=1S/C16H12N4OS/c1-9-7-8-11(21-9)14-19-13(17)12-16(20-14)22-15(18-12)10-5-3-2-4-6-10/h2-8H,1H3,(H2,17,19,20). The highest BCUT2D eigenvalue weighted by Crippen LogP contribution is 2.32. The molecular weight excluding hydrogens is 296 g/mol. The predicted molar refractivity (Wildman–Crippen MR) is 87.5 cm³/mol. The lowest BCUT2D eigenvalue weighted by Gasteiger charge is -1.98. The minimum Gasteiger partial charge on any atom is -0.458 e. The highest BCUT2D eigenvalue weighted by Gasteiger charge is 2.15. The first-order valence-corrected chi connectivity index (χ1v) is 7.58. The number of nitrogen functional groups attached to an aromatic ring is 1. The molecule has 0 fully saturated rings. The third kappa shape index (κ3) is 2.14. The number of fused-ring (bicyclic) bond motifs is 1. The van der Waals surface area contributed by atoms with E-state index in [-0.39, 0.29) is 0 Å². The van der Waals surface area contributed by atoms with Crippen LogP contribution in [0, 0.1) is 6.92 Å². The number of hydrogen-bond acceptors (Lipinski definition) is 6. The van der Waals surface area contributed by atoms with Gasteiger partial charge in [-0.15, -0.1) is 0 Å². The molecular formula is C16H12N4OS. The van der Waals surface area contributed by atoms with E-state index in [0.717, 1.165) is 21.2 Å². The van der Waals surface area contributed by atoms with Crippen LogP contribution in [0.5, 0.6) is 0 Å². The van der Waals surface area contributed by atoms with Gasteiger partial charge in [0, 0.05) is 5.56 Å². The first-order chi connectivity index (χ1) is 10.7.